The maximum atomic E-state index is 13.4. The van der Waals surface area contributed by atoms with Crippen LogP contribution in [0, 0.1) is 0 Å². The highest BCUT2D eigenvalue weighted by Crippen LogP contribution is 2.29. The number of fused-ring (bicyclic) bond motifs is 1. The summed E-state index contributed by atoms with van der Waals surface area (Å²) in [5, 5.41) is 4.74. The summed E-state index contributed by atoms with van der Waals surface area (Å²) in [6, 6.07) is 11.1. The Balaban J connectivity index is 1.18. The van der Waals surface area contributed by atoms with Crippen molar-refractivity contribution in [2.45, 2.75) is 51.0 Å². The van der Waals surface area contributed by atoms with Crippen LogP contribution in [0.15, 0.2) is 36.4 Å². The smallest absolute Gasteiger partial charge is 0.274 e. The number of aryl methyl sites for hydroxylation is 1. The van der Waals surface area contributed by atoms with Crippen LogP contribution < -0.4 is 0 Å². The van der Waals surface area contributed by atoms with Gasteiger partial charge in [0.25, 0.3) is 5.91 Å². The van der Waals surface area contributed by atoms with E-state index in [1.54, 1.807) is 0 Å². The first-order valence-electron chi connectivity index (χ1n) is 13.2. The minimum absolute atomic E-state index is 0.162. The molecule has 0 radical (unpaired) electrons. The molecule has 182 valence electrons. The SMILES string of the molecule is Cn1nc(C(=O)N2CCCCCC2)c2c1CCC(N1CCN(C/C=C/c3ccccc3)CC1)C2. The second-order valence-corrected chi connectivity index (χ2v) is 10.2. The van der Waals surface area contributed by atoms with Gasteiger partial charge in [-0.2, -0.15) is 5.10 Å². The number of likely N-dealkylation sites (tertiary alicyclic amines) is 1. The van der Waals surface area contributed by atoms with E-state index in [1.165, 1.54) is 29.7 Å². The van der Waals surface area contributed by atoms with Crippen LogP contribution in [0.25, 0.3) is 6.08 Å². The number of hydrogen-bond donors (Lipinski definition) is 0. The van der Waals surface area contributed by atoms with Gasteiger partial charge >= 0.3 is 0 Å². The van der Waals surface area contributed by atoms with Crippen LogP contribution in [0.5, 0.6) is 0 Å². The van der Waals surface area contributed by atoms with E-state index in [0.717, 1.165) is 83.6 Å². The van der Waals surface area contributed by atoms with Crippen molar-refractivity contribution in [3.63, 3.8) is 0 Å². The Morgan fingerprint density at radius 2 is 1.74 bits per heavy atom. The van der Waals surface area contributed by atoms with Gasteiger partial charge in [-0.05, 0) is 37.7 Å². The predicted molar refractivity (Wildman–Crippen MR) is 137 cm³/mol. The summed E-state index contributed by atoms with van der Waals surface area (Å²) in [6.45, 7) is 7.20. The van der Waals surface area contributed by atoms with Crippen LogP contribution in [0.1, 0.15) is 59.4 Å². The number of aromatic nitrogens is 2. The Kier molecular flexibility index (Phi) is 7.45. The lowest BCUT2D eigenvalue weighted by Crippen LogP contribution is -2.51. The quantitative estimate of drug-likeness (QED) is 0.682. The molecule has 2 fully saturated rings. The predicted octanol–water partition coefficient (Wildman–Crippen LogP) is 3.62. The van der Waals surface area contributed by atoms with Crippen molar-refractivity contribution in [2.75, 3.05) is 45.8 Å². The summed E-state index contributed by atoms with van der Waals surface area (Å²) < 4.78 is 1.98. The molecule has 3 heterocycles. The van der Waals surface area contributed by atoms with Crippen LogP contribution in [-0.2, 0) is 19.9 Å². The van der Waals surface area contributed by atoms with E-state index in [2.05, 4.69) is 57.2 Å². The number of amides is 1. The lowest BCUT2D eigenvalue weighted by atomic mass is 9.89. The van der Waals surface area contributed by atoms with E-state index in [1.807, 2.05) is 11.7 Å². The summed E-state index contributed by atoms with van der Waals surface area (Å²) in [5.41, 5.74) is 4.50. The average molecular weight is 462 g/mol. The molecule has 6 heteroatoms. The molecule has 1 unspecified atom stereocenters. The van der Waals surface area contributed by atoms with Crippen molar-refractivity contribution < 1.29 is 4.79 Å². The molecule has 1 aromatic heterocycles. The third kappa shape index (κ3) is 5.28. The number of benzene rings is 1. The summed E-state index contributed by atoms with van der Waals surface area (Å²) in [5.74, 6) is 0.162. The first-order valence-corrected chi connectivity index (χ1v) is 13.2. The van der Waals surface area contributed by atoms with Gasteiger partial charge in [-0.1, -0.05) is 55.3 Å². The van der Waals surface area contributed by atoms with Crippen molar-refractivity contribution >= 4 is 12.0 Å². The lowest BCUT2D eigenvalue weighted by Gasteiger charge is -2.40. The molecular weight excluding hydrogens is 422 g/mol. The Hall–Kier alpha value is -2.44. The standard InChI is InChI=1S/C28H39N5O/c1-30-26-14-13-24(22-25(26)27(29-30)28(34)33-16-7-2-3-8-17-33)32-20-18-31(19-21-32)15-9-12-23-10-5-4-6-11-23/h4-6,9-12,24H,2-3,7-8,13-22H2,1H3/b12-9+. The van der Waals surface area contributed by atoms with Crippen molar-refractivity contribution in [2.24, 2.45) is 7.05 Å². The summed E-state index contributed by atoms with van der Waals surface area (Å²) in [4.78, 5) is 20.7. The molecule has 0 saturated carbocycles. The van der Waals surface area contributed by atoms with Crippen molar-refractivity contribution in [3.8, 4) is 0 Å². The van der Waals surface area contributed by atoms with E-state index in [0.29, 0.717) is 6.04 Å². The van der Waals surface area contributed by atoms with Gasteiger partial charge in [-0.25, -0.2) is 0 Å². The molecule has 1 aromatic carbocycles. The second kappa shape index (κ2) is 10.9. The Morgan fingerprint density at radius 1 is 1.00 bits per heavy atom. The van der Waals surface area contributed by atoms with Crippen molar-refractivity contribution in [1.82, 2.24) is 24.5 Å². The summed E-state index contributed by atoms with van der Waals surface area (Å²) in [7, 11) is 2.01. The van der Waals surface area contributed by atoms with Crippen molar-refractivity contribution in [1.29, 1.82) is 0 Å². The highest BCUT2D eigenvalue weighted by molar-refractivity contribution is 5.94. The van der Waals surface area contributed by atoms with Gasteiger partial charge in [0.1, 0.15) is 0 Å². The van der Waals surface area contributed by atoms with Gasteiger partial charge in [0.2, 0.25) is 0 Å². The first kappa shape index (κ1) is 23.3. The fraction of sp³-hybridized carbons (Fsp3) is 0.571. The van der Waals surface area contributed by atoms with Gasteiger partial charge in [0.15, 0.2) is 5.69 Å². The molecule has 1 atom stereocenters. The maximum absolute atomic E-state index is 13.4. The number of rotatable bonds is 5. The summed E-state index contributed by atoms with van der Waals surface area (Å²) >= 11 is 0. The van der Waals surface area contributed by atoms with Crippen molar-refractivity contribution in [3.05, 3.63) is 58.9 Å². The van der Waals surface area contributed by atoms with E-state index in [4.69, 9.17) is 5.10 Å². The van der Waals surface area contributed by atoms with E-state index in [9.17, 15) is 4.79 Å². The van der Waals surface area contributed by atoms with Gasteiger partial charge in [0.05, 0.1) is 0 Å². The largest absolute Gasteiger partial charge is 0.337 e. The molecule has 1 aliphatic carbocycles. The zero-order valence-electron chi connectivity index (χ0n) is 20.7. The fourth-order valence-electron chi connectivity index (χ4n) is 5.89. The fourth-order valence-corrected chi connectivity index (χ4v) is 5.89. The number of carbonyl (C=O) groups is 1. The van der Waals surface area contributed by atoms with Gasteiger partial charge in [0, 0.05) is 70.2 Å². The van der Waals surface area contributed by atoms with Crippen LogP contribution in [0.2, 0.25) is 0 Å². The van der Waals surface area contributed by atoms with Crippen LogP contribution in [0.4, 0.5) is 0 Å². The zero-order valence-corrected chi connectivity index (χ0v) is 20.7. The topological polar surface area (TPSA) is 44.6 Å². The van der Waals surface area contributed by atoms with Gasteiger partial charge in [-0.3, -0.25) is 19.3 Å². The molecule has 5 rings (SSSR count). The molecule has 6 nitrogen and oxygen atoms in total. The van der Waals surface area contributed by atoms with E-state index >= 15 is 0 Å². The molecular formula is C28H39N5O. The van der Waals surface area contributed by atoms with E-state index < -0.39 is 0 Å². The minimum atomic E-state index is 0.162. The molecule has 2 aliphatic heterocycles. The zero-order chi connectivity index (χ0) is 23.3. The molecule has 34 heavy (non-hydrogen) atoms. The molecule has 2 saturated heterocycles. The third-order valence-corrected chi connectivity index (χ3v) is 7.92. The normalized spacial score (nSPS) is 22.6. The Morgan fingerprint density at radius 3 is 2.47 bits per heavy atom. The van der Waals surface area contributed by atoms with E-state index in [-0.39, 0.29) is 5.91 Å². The molecule has 0 spiro atoms. The molecule has 0 bridgehead atoms. The molecule has 0 N–H and O–H groups in total. The van der Waals surface area contributed by atoms with Gasteiger partial charge in [-0.15, -0.1) is 0 Å². The highest BCUT2D eigenvalue weighted by Gasteiger charge is 2.33. The minimum Gasteiger partial charge on any atom is -0.337 e. The second-order valence-electron chi connectivity index (χ2n) is 10.2. The van der Waals surface area contributed by atoms with Gasteiger partial charge < -0.3 is 4.90 Å². The number of piperazine rings is 1. The lowest BCUT2D eigenvalue weighted by molar-refractivity contribution is 0.0750. The maximum Gasteiger partial charge on any atom is 0.274 e. The molecule has 3 aliphatic rings. The highest BCUT2D eigenvalue weighted by atomic mass is 16.2. The summed E-state index contributed by atoms with van der Waals surface area (Å²) in [6.07, 6.45) is 12.4. The Labute approximate surface area is 204 Å². The van der Waals surface area contributed by atoms with Crippen LogP contribution in [-0.4, -0.2) is 82.2 Å². The number of hydrogen-bond acceptors (Lipinski definition) is 4. The monoisotopic (exact) mass is 461 g/mol. The van der Waals surface area contributed by atoms with Crippen LogP contribution >= 0.6 is 0 Å². The number of carbonyl (C=O) groups excluding carboxylic acids is 1. The first-order chi connectivity index (χ1) is 16.7. The average Bonchev–Trinajstić information content (AvgIpc) is 3.03. The van der Waals surface area contributed by atoms with Crippen LogP contribution in [0.3, 0.4) is 0 Å². The molecule has 1 amide bonds. The molecule has 2 aromatic rings. The third-order valence-electron chi connectivity index (χ3n) is 7.92. The number of nitrogens with zero attached hydrogens (tertiary/aromatic N) is 5. The Bertz CT molecular complexity index is 982.